The molecule has 5 heteroatoms. The molecule has 0 saturated carbocycles. The Labute approximate surface area is 81.5 Å². The molecule has 0 aromatic rings. The molecular formula is C8H17NO3S. The smallest absolute Gasteiger partial charge is 0.339 e. The van der Waals surface area contributed by atoms with E-state index >= 15 is 0 Å². The van der Waals surface area contributed by atoms with E-state index in [9.17, 15) is 9.00 Å². The Morgan fingerprint density at radius 2 is 1.62 bits per heavy atom. The van der Waals surface area contributed by atoms with Crippen LogP contribution in [0.5, 0.6) is 0 Å². The Hall–Kier alpha value is -0.420. The highest BCUT2D eigenvalue weighted by Gasteiger charge is 2.30. The highest BCUT2D eigenvalue weighted by molar-refractivity contribution is 7.82. The third-order valence-electron chi connectivity index (χ3n) is 1.18. The second-order valence-electron chi connectivity index (χ2n) is 4.44. The largest absolute Gasteiger partial charge is 0.362 e. The number of carbonyl (C=O) groups excluding carboxylic acids is 1. The molecule has 0 aromatic heterocycles. The summed E-state index contributed by atoms with van der Waals surface area (Å²) in [6.07, 6.45) is 0. The average molecular weight is 207 g/mol. The number of hydrogen-bond donors (Lipinski definition) is 1. The first-order valence-corrected chi connectivity index (χ1v) is 5.06. The van der Waals surface area contributed by atoms with Crippen molar-refractivity contribution in [3.8, 4) is 0 Å². The highest BCUT2D eigenvalue weighted by atomic mass is 32.2. The molecular weight excluding hydrogens is 190 g/mol. The van der Waals surface area contributed by atoms with Crippen LogP contribution in [-0.4, -0.2) is 20.5 Å². The van der Waals surface area contributed by atoms with Crippen molar-refractivity contribution in [2.75, 3.05) is 0 Å². The molecule has 0 spiro atoms. The van der Waals surface area contributed by atoms with Crippen molar-refractivity contribution in [1.82, 2.24) is 0 Å². The van der Waals surface area contributed by atoms with Crippen LogP contribution in [0, 0.1) is 0 Å². The van der Waals surface area contributed by atoms with E-state index in [1.807, 2.05) is 0 Å². The number of nitrogens with two attached hydrogens (primary N) is 1. The van der Waals surface area contributed by atoms with Gasteiger partial charge in [0.1, 0.15) is 5.54 Å². The molecule has 0 bridgehead atoms. The van der Waals surface area contributed by atoms with E-state index < -0.39 is 27.3 Å². The summed E-state index contributed by atoms with van der Waals surface area (Å²) in [5.74, 6) is -0.652. The molecule has 0 aliphatic carbocycles. The van der Waals surface area contributed by atoms with Crippen LogP contribution < -0.4 is 5.73 Å². The molecule has 1 unspecified atom stereocenters. The van der Waals surface area contributed by atoms with Crippen LogP contribution in [0.15, 0.2) is 0 Å². The van der Waals surface area contributed by atoms with E-state index in [-0.39, 0.29) is 0 Å². The minimum absolute atomic E-state index is 0.569. The van der Waals surface area contributed by atoms with Gasteiger partial charge >= 0.3 is 5.97 Å². The second-order valence-corrected chi connectivity index (χ2v) is 6.30. The molecule has 1 atom stereocenters. The lowest BCUT2D eigenvalue weighted by atomic mass is 10.1. The molecule has 2 N–H and O–H groups in total. The van der Waals surface area contributed by atoms with Crippen LogP contribution >= 0.6 is 0 Å². The SMILES string of the molecule is CC(C)(N)C(=O)OS(=O)C(C)(C)C. The summed E-state index contributed by atoms with van der Waals surface area (Å²) in [4.78, 5) is 11.2. The predicted octanol–water partition coefficient (Wildman–Crippen LogP) is 0.729. The second kappa shape index (κ2) is 3.75. The van der Waals surface area contributed by atoms with Gasteiger partial charge in [-0.25, -0.2) is 9.00 Å². The Morgan fingerprint density at radius 3 is 1.85 bits per heavy atom. The van der Waals surface area contributed by atoms with Crippen LogP contribution in [0.2, 0.25) is 0 Å². The van der Waals surface area contributed by atoms with Gasteiger partial charge in [0.05, 0.1) is 4.75 Å². The quantitative estimate of drug-likeness (QED) is 0.724. The number of hydrogen-bond acceptors (Lipinski definition) is 4. The van der Waals surface area contributed by atoms with Gasteiger partial charge in [0.15, 0.2) is 0 Å². The zero-order chi connectivity index (χ0) is 10.9. The molecule has 0 saturated heterocycles. The average Bonchev–Trinajstić information content (AvgIpc) is 1.82. The summed E-state index contributed by atoms with van der Waals surface area (Å²) in [5.41, 5.74) is 4.37. The van der Waals surface area contributed by atoms with Crippen LogP contribution in [0.4, 0.5) is 0 Å². The van der Waals surface area contributed by atoms with Crippen LogP contribution in [-0.2, 0) is 20.1 Å². The van der Waals surface area contributed by atoms with E-state index in [4.69, 9.17) is 5.73 Å². The normalized spacial score (nSPS) is 15.2. The molecule has 78 valence electrons. The van der Waals surface area contributed by atoms with Gasteiger partial charge in [0.2, 0.25) is 11.1 Å². The van der Waals surface area contributed by atoms with Gasteiger partial charge in [-0.1, -0.05) is 0 Å². The summed E-state index contributed by atoms with van der Waals surface area (Å²) < 4.78 is 15.5. The zero-order valence-electron chi connectivity index (χ0n) is 8.71. The first-order chi connectivity index (χ1) is 5.55. The predicted molar refractivity (Wildman–Crippen MR) is 52.3 cm³/mol. The summed E-state index contributed by atoms with van der Waals surface area (Å²) >= 11 is -1.64. The summed E-state index contributed by atoms with van der Waals surface area (Å²) in [7, 11) is 0. The molecule has 0 fully saturated rings. The van der Waals surface area contributed by atoms with E-state index in [1.54, 1.807) is 20.8 Å². The Morgan fingerprint density at radius 1 is 1.23 bits per heavy atom. The summed E-state index contributed by atoms with van der Waals surface area (Å²) in [5, 5.41) is 0. The Balaban J connectivity index is 4.34. The lowest BCUT2D eigenvalue weighted by Gasteiger charge is -2.20. The van der Waals surface area contributed by atoms with Gasteiger partial charge in [-0.2, -0.15) is 0 Å². The van der Waals surface area contributed by atoms with Crippen molar-refractivity contribution < 1.29 is 13.2 Å². The first-order valence-electron chi connectivity index (χ1n) is 3.98. The van der Waals surface area contributed by atoms with E-state index in [1.165, 1.54) is 13.8 Å². The molecule has 13 heavy (non-hydrogen) atoms. The van der Waals surface area contributed by atoms with Crippen molar-refractivity contribution in [2.24, 2.45) is 5.73 Å². The molecule has 4 nitrogen and oxygen atoms in total. The van der Waals surface area contributed by atoms with Crippen molar-refractivity contribution in [3.63, 3.8) is 0 Å². The van der Waals surface area contributed by atoms with Gasteiger partial charge in [-0.05, 0) is 34.6 Å². The minimum Gasteiger partial charge on any atom is -0.362 e. The summed E-state index contributed by atoms with van der Waals surface area (Å²) in [6, 6.07) is 0. The third-order valence-corrected chi connectivity index (χ3v) is 2.48. The van der Waals surface area contributed by atoms with Crippen LogP contribution in [0.1, 0.15) is 34.6 Å². The Kier molecular flexibility index (Phi) is 3.63. The van der Waals surface area contributed by atoms with Gasteiger partial charge < -0.3 is 9.92 Å². The Bertz CT molecular complexity index is 201. The highest BCUT2D eigenvalue weighted by Crippen LogP contribution is 2.14. The van der Waals surface area contributed by atoms with Crippen LogP contribution in [0.3, 0.4) is 0 Å². The zero-order valence-corrected chi connectivity index (χ0v) is 9.53. The van der Waals surface area contributed by atoms with Gasteiger partial charge in [-0.15, -0.1) is 0 Å². The molecule has 0 aliphatic heterocycles. The van der Waals surface area contributed by atoms with Crippen molar-refractivity contribution in [1.29, 1.82) is 0 Å². The van der Waals surface area contributed by atoms with Crippen molar-refractivity contribution in [3.05, 3.63) is 0 Å². The van der Waals surface area contributed by atoms with E-state index in [2.05, 4.69) is 4.18 Å². The first kappa shape index (κ1) is 12.6. The maximum Gasteiger partial charge on any atom is 0.339 e. The maximum absolute atomic E-state index is 11.3. The van der Waals surface area contributed by atoms with E-state index in [0.717, 1.165) is 0 Å². The van der Waals surface area contributed by atoms with Gasteiger partial charge in [0.25, 0.3) is 0 Å². The molecule has 0 heterocycles. The van der Waals surface area contributed by atoms with Crippen molar-refractivity contribution in [2.45, 2.75) is 44.9 Å². The lowest BCUT2D eigenvalue weighted by molar-refractivity contribution is -0.138. The monoisotopic (exact) mass is 207 g/mol. The van der Waals surface area contributed by atoms with E-state index in [0.29, 0.717) is 0 Å². The third kappa shape index (κ3) is 4.38. The standard InChI is InChI=1S/C8H17NO3S/c1-7(2,3)13(11)12-6(10)8(4,5)9/h9H2,1-5H3. The fourth-order valence-electron chi connectivity index (χ4n) is 0.301. The maximum atomic E-state index is 11.3. The number of rotatable bonds is 2. The van der Waals surface area contributed by atoms with Gasteiger partial charge in [-0.3, -0.25) is 0 Å². The number of carbonyl (C=O) groups is 1. The summed E-state index contributed by atoms with van der Waals surface area (Å²) in [6.45, 7) is 8.18. The topological polar surface area (TPSA) is 69.4 Å². The minimum atomic E-state index is -1.64. The van der Waals surface area contributed by atoms with Crippen LogP contribution in [0.25, 0.3) is 0 Å². The molecule has 0 amide bonds. The van der Waals surface area contributed by atoms with Crippen molar-refractivity contribution >= 4 is 17.0 Å². The molecule has 0 aliphatic rings. The fourth-order valence-corrected chi connectivity index (χ4v) is 0.903. The van der Waals surface area contributed by atoms with Gasteiger partial charge in [0, 0.05) is 0 Å². The fraction of sp³-hybridized carbons (Fsp3) is 0.875. The lowest BCUT2D eigenvalue weighted by Crippen LogP contribution is -2.44. The molecule has 0 aromatic carbocycles. The molecule has 0 rings (SSSR count). The molecule has 0 radical (unpaired) electrons.